The first-order valence-corrected chi connectivity index (χ1v) is 15.4. The van der Waals surface area contributed by atoms with E-state index in [4.69, 9.17) is 19.9 Å². The number of nitrogens with zero attached hydrogens (tertiary/aromatic N) is 8. The van der Waals surface area contributed by atoms with Crippen molar-refractivity contribution in [3.63, 3.8) is 0 Å². The summed E-state index contributed by atoms with van der Waals surface area (Å²) in [6.07, 6.45) is 8.89. The lowest BCUT2D eigenvalue weighted by atomic mass is 10.0. The van der Waals surface area contributed by atoms with Gasteiger partial charge in [-0.1, -0.05) is 30.3 Å². The molecule has 0 aliphatic heterocycles. The summed E-state index contributed by atoms with van der Waals surface area (Å²) in [6, 6.07) is 41.4. The summed E-state index contributed by atoms with van der Waals surface area (Å²) in [6.45, 7) is 0. The Labute approximate surface area is 277 Å². The molecule has 48 heavy (non-hydrogen) atoms. The summed E-state index contributed by atoms with van der Waals surface area (Å²) in [5, 5.41) is 0. The lowest BCUT2D eigenvalue weighted by molar-refractivity contribution is 1.21. The Hall–Kier alpha value is -6.80. The highest BCUT2D eigenvalue weighted by molar-refractivity contribution is 5.78. The summed E-state index contributed by atoms with van der Waals surface area (Å²) in [7, 11) is 0. The molecule has 8 rings (SSSR count). The Morgan fingerprint density at radius 1 is 0.229 bits per heavy atom. The van der Waals surface area contributed by atoms with Crippen molar-refractivity contribution in [3.8, 4) is 79.3 Å². The third-order valence-corrected chi connectivity index (χ3v) is 7.76. The number of aromatic nitrogens is 8. The molecule has 0 aliphatic rings. The third kappa shape index (κ3) is 6.05. The fourth-order valence-corrected chi connectivity index (χ4v) is 5.45. The minimum Gasteiger partial charge on any atom is -0.255 e. The van der Waals surface area contributed by atoms with Crippen LogP contribution in [0, 0.1) is 0 Å². The van der Waals surface area contributed by atoms with E-state index < -0.39 is 0 Å². The number of hydrogen-bond acceptors (Lipinski definition) is 8. The molecule has 0 fully saturated rings. The van der Waals surface area contributed by atoms with E-state index in [0.717, 1.165) is 79.3 Å². The fourth-order valence-electron chi connectivity index (χ4n) is 5.45. The summed E-state index contributed by atoms with van der Waals surface area (Å²) in [5.41, 5.74) is 11.2. The first kappa shape index (κ1) is 28.7. The largest absolute Gasteiger partial charge is 0.255 e. The van der Waals surface area contributed by atoms with E-state index in [1.54, 1.807) is 24.8 Å². The van der Waals surface area contributed by atoms with Crippen LogP contribution in [0.4, 0.5) is 0 Å². The molecular weight excluding hydrogens is 592 g/mol. The Morgan fingerprint density at radius 3 is 1.06 bits per heavy atom. The highest BCUT2D eigenvalue weighted by Crippen LogP contribution is 2.32. The van der Waals surface area contributed by atoms with Gasteiger partial charge in [0, 0.05) is 36.5 Å². The van der Waals surface area contributed by atoms with E-state index in [1.165, 1.54) is 0 Å². The second-order valence-electron chi connectivity index (χ2n) is 11.0. The Kier molecular flexibility index (Phi) is 7.70. The normalized spacial score (nSPS) is 10.9. The topological polar surface area (TPSA) is 103 Å². The van der Waals surface area contributed by atoms with Crippen molar-refractivity contribution in [3.05, 3.63) is 158 Å². The molecule has 0 amide bonds. The van der Waals surface area contributed by atoms with Gasteiger partial charge in [-0.25, -0.2) is 15.0 Å². The highest BCUT2D eigenvalue weighted by Gasteiger charge is 2.14. The number of hydrogen-bond donors (Lipinski definition) is 0. The quantitative estimate of drug-likeness (QED) is 0.175. The maximum Gasteiger partial charge on any atom is 0.0901 e. The Balaban J connectivity index is 1.21. The van der Waals surface area contributed by atoms with Crippen LogP contribution in [0.15, 0.2) is 158 Å². The first-order chi connectivity index (χ1) is 23.8. The molecule has 0 saturated carbocycles. The maximum atomic E-state index is 5.08. The monoisotopic (exact) mass is 618 g/mol. The molecule has 0 N–H and O–H groups in total. The van der Waals surface area contributed by atoms with E-state index in [2.05, 4.69) is 26.0 Å². The van der Waals surface area contributed by atoms with Crippen molar-refractivity contribution in [1.29, 1.82) is 0 Å². The maximum absolute atomic E-state index is 5.08. The van der Waals surface area contributed by atoms with E-state index >= 15 is 0 Å². The van der Waals surface area contributed by atoms with Gasteiger partial charge in [-0.05, 0) is 108 Å². The van der Waals surface area contributed by atoms with Gasteiger partial charge in [-0.3, -0.25) is 24.9 Å². The summed E-state index contributed by atoms with van der Waals surface area (Å²) >= 11 is 0. The molecular formula is C40H26N8. The van der Waals surface area contributed by atoms with E-state index in [1.807, 2.05) is 128 Å². The molecule has 0 aliphatic carbocycles. The molecule has 8 heteroatoms. The van der Waals surface area contributed by atoms with Crippen LogP contribution in [0.3, 0.4) is 0 Å². The van der Waals surface area contributed by atoms with Gasteiger partial charge in [0.15, 0.2) is 0 Å². The molecule has 0 spiro atoms. The van der Waals surface area contributed by atoms with Crippen LogP contribution in [-0.2, 0) is 0 Å². The average Bonchev–Trinajstić information content (AvgIpc) is 3.19. The zero-order valence-corrected chi connectivity index (χ0v) is 25.6. The minimum atomic E-state index is 0.742. The van der Waals surface area contributed by atoms with Crippen LogP contribution >= 0.6 is 0 Å². The SMILES string of the molecule is c1ccc(-c2cc(-c3ccnc(-c4cccc(-c5cc(-c6ccccn6)nc(-c6ccccn6)c5)n4)c3)cc(-c3ccccn3)n2)nc1. The summed E-state index contributed by atoms with van der Waals surface area (Å²) < 4.78 is 0. The minimum absolute atomic E-state index is 0.742. The van der Waals surface area contributed by atoms with Gasteiger partial charge in [0.05, 0.1) is 62.6 Å². The number of rotatable bonds is 7. The molecule has 0 saturated heterocycles. The third-order valence-electron chi connectivity index (χ3n) is 7.76. The van der Waals surface area contributed by atoms with Crippen molar-refractivity contribution in [2.45, 2.75) is 0 Å². The zero-order chi connectivity index (χ0) is 32.1. The molecule has 8 aromatic heterocycles. The predicted molar refractivity (Wildman–Crippen MR) is 187 cm³/mol. The molecule has 0 atom stereocenters. The van der Waals surface area contributed by atoms with E-state index in [9.17, 15) is 0 Å². The zero-order valence-electron chi connectivity index (χ0n) is 25.6. The molecule has 8 nitrogen and oxygen atoms in total. The van der Waals surface area contributed by atoms with Gasteiger partial charge in [-0.15, -0.1) is 0 Å². The molecule has 8 heterocycles. The van der Waals surface area contributed by atoms with Gasteiger partial charge in [0.2, 0.25) is 0 Å². The van der Waals surface area contributed by atoms with Crippen LogP contribution in [0.25, 0.3) is 79.3 Å². The van der Waals surface area contributed by atoms with Crippen molar-refractivity contribution < 1.29 is 0 Å². The van der Waals surface area contributed by atoms with E-state index in [-0.39, 0.29) is 0 Å². The van der Waals surface area contributed by atoms with Crippen molar-refractivity contribution in [2.75, 3.05) is 0 Å². The Morgan fingerprint density at radius 2 is 0.604 bits per heavy atom. The van der Waals surface area contributed by atoms with Crippen LogP contribution in [0.5, 0.6) is 0 Å². The fraction of sp³-hybridized carbons (Fsp3) is 0. The van der Waals surface area contributed by atoms with Crippen molar-refractivity contribution >= 4 is 0 Å². The first-order valence-electron chi connectivity index (χ1n) is 15.4. The molecule has 0 unspecified atom stereocenters. The lowest BCUT2D eigenvalue weighted by Gasteiger charge is -2.11. The van der Waals surface area contributed by atoms with Gasteiger partial charge < -0.3 is 0 Å². The second-order valence-corrected chi connectivity index (χ2v) is 11.0. The van der Waals surface area contributed by atoms with Crippen LogP contribution < -0.4 is 0 Å². The van der Waals surface area contributed by atoms with E-state index in [0.29, 0.717) is 0 Å². The number of pyridine rings is 8. The lowest BCUT2D eigenvalue weighted by Crippen LogP contribution is -1.96. The molecule has 8 aromatic rings. The summed E-state index contributed by atoms with van der Waals surface area (Å²) in [4.78, 5) is 37.8. The van der Waals surface area contributed by atoms with Gasteiger partial charge in [-0.2, -0.15) is 0 Å². The van der Waals surface area contributed by atoms with Gasteiger partial charge >= 0.3 is 0 Å². The molecule has 226 valence electrons. The highest BCUT2D eigenvalue weighted by atomic mass is 14.8. The predicted octanol–water partition coefficient (Wildman–Crippen LogP) is 8.52. The standard InChI is InChI=1S/C40H26N8/c1-5-17-41-31(10-1)37-23-28(24-38(47-37)32-11-2-6-18-42-32)27-16-21-45-36(22-27)35-15-9-14-30(46-35)29-25-39(33-12-3-7-19-43-33)48-40(26-29)34-13-4-8-20-44-34/h1-26H. The van der Waals surface area contributed by atoms with Crippen molar-refractivity contribution in [2.24, 2.45) is 0 Å². The molecule has 0 bridgehead atoms. The van der Waals surface area contributed by atoms with Gasteiger partial charge in [0.1, 0.15) is 0 Å². The van der Waals surface area contributed by atoms with Crippen molar-refractivity contribution in [1.82, 2.24) is 39.9 Å². The second kappa shape index (κ2) is 12.9. The molecule has 0 radical (unpaired) electrons. The van der Waals surface area contributed by atoms with Crippen LogP contribution in [0.2, 0.25) is 0 Å². The van der Waals surface area contributed by atoms with Crippen LogP contribution in [-0.4, -0.2) is 39.9 Å². The molecule has 0 aromatic carbocycles. The Bertz CT molecular complexity index is 2050. The van der Waals surface area contributed by atoms with Crippen LogP contribution in [0.1, 0.15) is 0 Å². The summed E-state index contributed by atoms with van der Waals surface area (Å²) in [5.74, 6) is 0. The average molecular weight is 619 g/mol. The smallest absolute Gasteiger partial charge is 0.0901 e. The van der Waals surface area contributed by atoms with Gasteiger partial charge in [0.25, 0.3) is 0 Å².